The minimum Gasteiger partial charge on any atom is -0.511 e. The van der Waals surface area contributed by atoms with Crippen LogP contribution < -0.4 is 0 Å². The monoisotopic (exact) mass is 223 g/mol. The Hall–Kier alpha value is -1.12. The topological polar surface area (TPSA) is 49.7 Å². The van der Waals surface area contributed by atoms with Gasteiger partial charge in [-0.05, 0) is 11.8 Å². The van der Waals surface area contributed by atoms with Crippen molar-refractivity contribution in [3.8, 4) is 0 Å². The molecule has 0 saturated carbocycles. The average molecular weight is 223 g/mol. The summed E-state index contributed by atoms with van der Waals surface area (Å²) in [4.78, 5) is 16.1. The van der Waals surface area contributed by atoms with E-state index in [4.69, 9.17) is 0 Å². The van der Waals surface area contributed by atoms with Crippen LogP contribution in [0.2, 0.25) is 0 Å². The molecule has 0 aromatic heterocycles. The summed E-state index contributed by atoms with van der Waals surface area (Å²) < 4.78 is 0. The molecule has 16 heavy (non-hydrogen) atoms. The molecule has 0 aromatic carbocycles. The predicted octanol–water partition coefficient (Wildman–Crippen LogP) is 3.06. The van der Waals surface area contributed by atoms with Crippen LogP contribution in [0.4, 0.5) is 0 Å². The number of aliphatic imine (C=N–C) groups is 1. The Morgan fingerprint density at radius 1 is 1.44 bits per heavy atom. The van der Waals surface area contributed by atoms with Crippen molar-refractivity contribution in [2.45, 2.75) is 46.5 Å². The second kappa shape index (κ2) is 4.81. The maximum Gasteiger partial charge on any atom is 0.168 e. The summed E-state index contributed by atoms with van der Waals surface area (Å²) in [6.07, 6.45) is 2.74. The van der Waals surface area contributed by atoms with Gasteiger partial charge in [-0.3, -0.25) is 9.79 Å². The normalized spacial score (nSPS) is 21.5. The van der Waals surface area contributed by atoms with Gasteiger partial charge in [0.25, 0.3) is 0 Å². The van der Waals surface area contributed by atoms with Crippen molar-refractivity contribution in [1.29, 1.82) is 0 Å². The molecular weight excluding hydrogens is 202 g/mol. The summed E-state index contributed by atoms with van der Waals surface area (Å²) in [5.74, 6) is 0.248. The molecule has 0 saturated heterocycles. The van der Waals surface area contributed by atoms with Gasteiger partial charge in [0.05, 0.1) is 5.57 Å². The highest BCUT2D eigenvalue weighted by molar-refractivity contribution is 6.23. The minimum absolute atomic E-state index is 0.0304. The van der Waals surface area contributed by atoms with Crippen molar-refractivity contribution < 1.29 is 9.90 Å². The molecule has 0 heterocycles. The standard InChI is InChI=1S/C13H21NO2/c1-5-6-9(14-4)12-10(15)7-13(2,3)8-11(12)16/h15H,5-8H2,1-4H3. The third kappa shape index (κ3) is 2.71. The van der Waals surface area contributed by atoms with Gasteiger partial charge in [0, 0.05) is 25.6 Å². The van der Waals surface area contributed by atoms with Gasteiger partial charge in [0.1, 0.15) is 5.76 Å². The van der Waals surface area contributed by atoms with Gasteiger partial charge in [-0.2, -0.15) is 0 Å². The van der Waals surface area contributed by atoms with Crippen molar-refractivity contribution >= 4 is 11.5 Å². The number of ketones is 1. The number of allylic oxidation sites excluding steroid dienone is 2. The lowest BCUT2D eigenvalue weighted by atomic mass is 9.75. The van der Waals surface area contributed by atoms with Crippen molar-refractivity contribution in [3.63, 3.8) is 0 Å². The Balaban J connectivity index is 3.07. The summed E-state index contributed by atoms with van der Waals surface area (Å²) >= 11 is 0. The fourth-order valence-electron chi connectivity index (χ4n) is 2.20. The van der Waals surface area contributed by atoms with Crippen LogP contribution >= 0.6 is 0 Å². The number of hydrogen-bond acceptors (Lipinski definition) is 3. The number of carbonyl (C=O) groups is 1. The Morgan fingerprint density at radius 2 is 2.06 bits per heavy atom. The fourth-order valence-corrected chi connectivity index (χ4v) is 2.20. The van der Waals surface area contributed by atoms with Gasteiger partial charge in [0.2, 0.25) is 0 Å². The molecule has 0 unspecified atom stereocenters. The van der Waals surface area contributed by atoms with Gasteiger partial charge < -0.3 is 5.11 Å². The van der Waals surface area contributed by atoms with Crippen LogP contribution in [-0.4, -0.2) is 23.6 Å². The van der Waals surface area contributed by atoms with E-state index in [1.807, 2.05) is 20.8 Å². The van der Waals surface area contributed by atoms with Crippen LogP contribution in [0.1, 0.15) is 46.5 Å². The lowest BCUT2D eigenvalue weighted by Crippen LogP contribution is -2.29. The van der Waals surface area contributed by atoms with E-state index in [1.54, 1.807) is 7.05 Å². The molecule has 0 aliphatic heterocycles. The first-order chi connectivity index (χ1) is 7.41. The number of hydrogen-bond donors (Lipinski definition) is 1. The maximum atomic E-state index is 12.0. The summed E-state index contributed by atoms with van der Waals surface area (Å²) in [6.45, 7) is 6.04. The molecular formula is C13H21NO2. The third-order valence-corrected chi connectivity index (χ3v) is 2.90. The van der Waals surface area contributed by atoms with Crippen LogP contribution in [-0.2, 0) is 4.79 Å². The van der Waals surface area contributed by atoms with E-state index in [9.17, 15) is 9.90 Å². The van der Waals surface area contributed by atoms with Crippen LogP contribution in [0.15, 0.2) is 16.3 Å². The van der Waals surface area contributed by atoms with E-state index < -0.39 is 0 Å². The van der Waals surface area contributed by atoms with Crippen LogP contribution in [0.3, 0.4) is 0 Å². The maximum absolute atomic E-state index is 12.0. The molecule has 0 bridgehead atoms. The Bertz CT molecular complexity index is 351. The third-order valence-electron chi connectivity index (χ3n) is 2.90. The molecule has 1 N–H and O–H groups in total. The van der Waals surface area contributed by atoms with E-state index in [0.29, 0.717) is 18.4 Å². The summed E-state index contributed by atoms with van der Waals surface area (Å²) in [5.41, 5.74) is 1.10. The molecule has 0 amide bonds. The average Bonchev–Trinajstić information content (AvgIpc) is 2.13. The van der Waals surface area contributed by atoms with Crippen LogP contribution in [0.25, 0.3) is 0 Å². The van der Waals surface area contributed by atoms with Crippen molar-refractivity contribution in [3.05, 3.63) is 11.3 Å². The molecule has 1 aliphatic rings. The molecule has 0 radical (unpaired) electrons. The minimum atomic E-state index is -0.129. The lowest BCUT2D eigenvalue weighted by Gasteiger charge is -2.29. The van der Waals surface area contributed by atoms with E-state index in [2.05, 4.69) is 4.99 Å². The summed E-state index contributed by atoms with van der Waals surface area (Å²) in [6, 6.07) is 0. The number of nitrogens with zero attached hydrogens (tertiary/aromatic N) is 1. The summed E-state index contributed by atoms with van der Waals surface area (Å²) in [7, 11) is 1.68. The Kier molecular flexibility index (Phi) is 3.89. The van der Waals surface area contributed by atoms with E-state index in [1.165, 1.54) is 0 Å². The number of aliphatic hydroxyl groups is 1. The van der Waals surface area contributed by atoms with Crippen LogP contribution in [0, 0.1) is 5.41 Å². The van der Waals surface area contributed by atoms with Gasteiger partial charge in [-0.1, -0.05) is 27.2 Å². The second-order valence-corrected chi connectivity index (χ2v) is 5.18. The molecule has 3 heteroatoms. The molecule has 0 spiro atoms. The van der Waals surface area contributed by atoms with Crippen molar-refractivity contribution in [2.24, 2.45) is 10.4 Å². The first-order valence-electron chi connectivity index (χ1n) is 5.82. The van der Waals surface area contributed by atoms with Crippen molar-refractivity contribution in [2.75, 3.05) is 7.05 Å². The van der Waals surface area contributed by atoms with Crippen LogP contribution in [0.5, 0.6) is 0 Å². The van der Waals surface area contributed by atoms with E-state index in [0.717, 1.165) is 18.6 Å². The SMILES string of the molecule is CCCC(=NC)C1=C(O)CC(C)(C)CC1=O. The second-order valence-electron chi connectivity index (χ2n) is 5.18. The zero-order valence-corrected chi connectivity index (χ0v) is 10.6. The van der Waals surface area contributed by atoms with Gasteiger partial charge in [-0.15, -0.1) is 0 Å². The van der Waals surface area contributed by atoms with Gasteiger partial charge >= 0.3 is 0 Å². The largest absolute Gasteiger partial charge is 0.511 e. The number of Topliss-reactive ketones (excluding diaryl/α,β-unsaturated/α-hetero) is 1. The Labute approximate surface area is 97.3 Å². The zero-order valence-electron chi connectivity index (χ0n) is 10.6. The number of rotatable bonds is 3. The van der Waals surface area contributed by atoms with Gasteiger partial charge in [0.15, 0.2) is 5.78 Å². The van der Waals surface area contributed by atoms with E-state index >= 15 is 0 Å². The molecule has 1 aliphatic carbocycles. The quantitative estimate of drug-likeness (QED) is 0.747. The number of aliphatic hydroxyl groups excluding tert-OH is 1. The van der Waals surface area contributed by atoms with Crippen molar-refractivity contribution in [1.82, 2.24) is 0 Å². The molecule has 0 aromatic rings. The molecule has 0 atom stereocenters. The zero-order chi connectivity index (χ0) is 12.3. The predicted molar refractivity (Wildman–Crippen MR) is 65.9 cm³/mol. The highest BCUT2D eigenvalue weighted by atomic mass is 16.3. The first-order valence-corrected chi connectivity index (χ1v) is 5.82. The molecule has 90 valence electrons. The highest BCUT2D eigenvalue weighted by Crippen LogP contribution is 2.36. The van der Waals surface area contributed by atoms with Gasteiger partial charge in [-0.25, -0.2) is 0 Å². The summed E-state index contributed by atoms with van der Waals surface area (Å²) in [5, 5.41) is 9.98. The molecule has 0 fully saturated rings. The lowest BCUT2D eigenvalue weighted by molar-refractivity contribution is -0.117. The Morgan fingerprint density at radius 3 is 2.50 bits per heavy atom. The number of carbonyl (C=O) groups excluding carboxylic acids is 1. The fraction of sp³-hybridized carbons (Fsp3) is 0.692. The smallest absolute Gasteiger partial charge is 0.168 e. The first kappa shape index (κ1) is 12.9. The highest BCUT2D eigenvalue weighted by Gasteiger charge is 2.34. The molecule has 1 rings (SSSR count). The molecule has 3 nitrogen and oxygen atoms in total. The van der Waals surface area contributed by atoms with E-state index in [-0.39, 0.29) is 17.0 Å².